The van der Waals surface area contributed by atoms with Gasteiger partial charge in [-0.1, -0.05) is 11.8 Å². The summed E-state index contributed by atoms with van der Waals surface area (Å²) in [6.45, 7) is 1.79. The minimum absolute atomic E-state index is 0.0211. The molecule has 0 unspecified atom stereocenters. The van der Waals surface area contributed by atoms with Gasteiger partial charge < -0.3 is 16.2 Å². The summed E-state index contributed by atoms with van der Waals surface area (Å²) in [5, 5.41) is 0.0430. The third-order valence-corrected chi connectivity index (χ3v) is 3.73. The second kappa shape index (κ2) is 6.45. The molecule has 0 saturated carbocycles. The number of anilines is 2. The van der Waals surface area contributed by atoms with Crippen molar-refractivity contribution in [2.75, 3.05) is 18.6 Å². The van der Waals surface area contributed by atoms with Gasteiger partial charge in [0, 0.05) is 11.6 Å². The lowest BCUT2D eigenvalue weighted by molar-refractivity contribution is 0.0994. The number of nitrogens with two attached hydrogens (primary N) is 2. The molecule has 0 amide bonds. The highest BCUT2D eigenvalue weighted by Gasteiger charge is 2.18. The van der Waals surface area contributed by atoms with E-state index in [0.29, 0.717) is 16.5 Å². The van der Waals surface area contributed by atoms with Crippen molar-refractivity contribution in [1.82, 2.24) is 9.97 Å². The number of thioether (sulfide) groups is 1. The van der Waals surface area contributed by atoms with Gasteiger partial charge in [-0.15, -0.1) is 0 Å². The van der Waals surface area contributed by atoms with Crippen molar-refractivity contribution in [3.05, 3.63) is 35.9 Å². The number of aromatic nitrogens is 2. The van der Waals surface area contributed by atoms with Crippen molar-refractivity contribution in [3.63, 3.8) is 0 Å². The van der Waals surface area contributed by atoms with Gasteiger partial charge >= 0.3 is 0 Å². The lowest BCUT2D eigenvalue weighted by Gasteiger charge is -2.10. The van der Waals surface area contributed by atoms with Gasteiger partial charge in [0.15, 0.2) is 10.9 Å². The van der Waals surface area contributed by atoms with Crippen LogP contribution < -0.4 is 16.2 Å². The summed E-state index contributed by atoms with van der Waals surface area (Å²) in [5.41, 5.74) is 11.8. The minimum atomic E-state index is -0.348. The molecule has 110 valence electrons. The van der Waals surface area contributed by atoms with Crippen molar-refractivity contribution in [3.8, 4) is 5.75 Å². The molecule has 7 heteroatoms. The average molecular weight is 304 g/mol. The highest BCUT2D eigenvalue weighted by Crippen LogP contribution is 2.24. The normalized spacial score (nSPS) is 11.9. The van der Waals surface area contributed by atoms with Crippen LogP contribution >= 0.6 is 11.8 Å². The first-order chi connectivity index (χ1) is 9.99. The Hall–Kier alpha value is -2.28. The first kappa shape index (κ1) is 15.1. The molecular weight excluding hydrogens is 288 g/mol. The molecule has 21 heavy (non-hydrogen) atoms. The molecule has 4 N–H and O–H groups in total. The molecular formula is C14H16N4O2S. The predicted molar refractivity (Wildman–Crippen MR) is 83.5 cm³/mol. The molecule has 1 atom stereocenters. The number of nitrogens with zero attached hydrogens (tertiary/aromatic N) is 2. The monoisotopic (exact) mass is 304 g/mol. The topological polar surface area (TPSA) is 104 Å². The molecule has 0 fully saturated rings. The van der Waals surface area contributed by atoms with E-state index in [9.17, 15) is 4.79 Å². The molecule has 0 saturated heterocycles. The smallest absolute Gasteiger partial charge is 0.192 e. The molecule has 0 aliphatic rings. The van der Waals surface area contributed by atoms with E-state index in [4.69, 9.17) is 16.2 Å². The third kappa shape index (κ3) is 3.85. The summed E-state index contributed by atoms with van der Waals surface area (Å²) in [6.07, 6.45) is 0. The van der Waals surface area contributed by atoms with Crippen LogP contribution in [-0.2, 0) is 0 Å². The quantitative estimate of drug-likeness (QED) is 0.494. The number of carbonyl (C=O) groups excluding carboxylic acids is 1. The summed E-state index contributed by atoms with van der Waals surface area (Å²) in [7, 11) is 1.58. The van der Waals surface area contributed by atoms with Crippen LogP contribution in [0, 0.1) is 0 Å². The molecule has 0 aliphatic heterocycles. The Kier molecular flexibility index (Phi) is 4.64. The second-order valence-electron chi connectivity index (χ2n) is 4.35. The molecule has 1 aromatic heterocycles. The number of methoxy groups -OCH3 is 1. The largest absolute Gasteiger partial charge is 0.497 e. The van der Waals surface area contributed by atoms with Gasteiger partial charge in [-0.25, -0.2) is 9.97 Å². The van der Waals surface area contributed by atoms with Crippen LogP contribution in [0.2, 0.25) is 0 Å². The van der Waals surface area contributed by atoms with Gasteiger partial charge in [0.25, 0.3) is 0 Å². The molecule has 0 aliphatic carbocycles. The fraction of sp³-hybridized carbons (Fsp3) is 0.214. The van der Waals surface area contributed by atoms with Gasteiger partial charge in [-0.2, -0.15) is 0 Å². The first-order valence-corrected chi connectivity index (χ1v) is 7.12. The lowest BCUT2D eigenvalue weighted by atomic mass is 10.1. The van der Waals surface area contributed by atoms with Crippen molar-refractivity contribution in [2.45, 2.75) is 17.3 Å². The molecule has 0 spiro atoms. The van der Waals surface area contributed by atoms with Crippen molar-refractivity contribution < 1.29 is 9.53 Å². The van der Waals surface area contributed by atoms with E-state index in [1.165, 1.54) is 17.8 Å². The highest BCUT2D eigenvalue weighted by molar-refractivity contribution is 8.00. The number of nitrogen functional groups attached to an aromatic ring is 2. The zero-order valence-corrected chi connectivity index (χ0v) is 12.6. The summed E-state index contributed by atoms with van der Waals surface area (Å²) in [6, 6.07) is 8.43. The molecule has 6 nitrogen and oxygen atoms in total. The van der Waals surface area contributed by atoms with Crippen molar-refractivity contribution in [2.24, 2.45) is 0 Å². The van der Waals surface area contributed by atoms with Gasteiger partial charge in [-0.05, 0) is 31.2 Å². The van der Waals surface area contributed by atoms with E-state index in [1.54, 1.807) is 38.3 Å². The van der Waals surface area contributed by atoms with Crippen LogP contribution in [0.5, 0.6) is 5.75 Å². The molecule has 0 radical (unpaired) electrons. The Labute approximate surface area is 126 Å². The number of Topliss-reactive ketones (excluding diaryl/α,β-unsaturated/α-hetero) is 1. The molecule has 0 bridgehead atoms. The number of ketones is 1. The van der Waals surface area contributed by atoms with Crippen LogP contribution in [-0.4, -0.2) is 28.1 Å². The summed E-state index contributed by atoms with van der Waals surface area (Å²) < 4.78 is 5.07. The maximum absolute atomic E-state index is 12.3. The Morgan fingerprint density at radius 2 is 1.76 bits per heavy atom. The zero-order valence-electron chi connectivity index (χ0n) is 11.7. The van der Waals surface area contributed by atoms with Crippen molar-refractivity contribution in [1.29, 1.82) is 0 Å². The van der Waals surface area contributed by atoms with Gasteiger partial charge in [0.05, 0.1) is 12.4 Å². The van der Waals surface area contributed by atoms with Crippen LogP contribution in [0.15, 0.2) is 35.5 Å². The molecule has 1 heterocycles. The summed E-state index contributed by atoms with van der Waals surface area (Å²) in [5.74, 6) is 1.26. The van der Waals surface area contributed by atoms with E-state index in [1.807, 2.05) is 0 Å². The maximum atomic E-state index is 12.3. The summed E-state index contributed by atoms with van der Waals surface area (Å²) >= 11 is 1.22. The Bertz CT molecular complexity index is 626. The van der Waals surface area contributed by atoms with Gasteiger partial charge in [0.1, 0.15) is 17.4 Å². The van der Waals surface area contributed by atoms with Gasteiger partial charge in [-0.3, -0.25) is 4.79 Å². The second-order valence-corrected chi connectivity index (χ2v) is 5.66. The summed E-state index contributed by atoms with van der Waals surface area (Å²) in [4.78, 5) is 20.4. The average Bonchev–Trinajstić information content (AvgIpc) is 2.45. The highest BCUT2D eigenvalue weighted by atomic mass is 32.2. The van der Waals surface area contributed by atoms with E-state index in [0.717, 1.165) is 0 Å². The first-order valence-electron chi connectivity index (χ1n) is 6.24. The molecule has 1 aromatic carbocycles. The zero-order chi connectivity index (χ0) is 15.4. The predicted octanol–water partition coefficient (Wildman–Crippen LogP) is 2.01. The van der Waals surface area contributed by atoms with Crippen molar-refractivity contribution >= 4 is 29.2 Å². The van der Waals surface area contributed by atoms with Crippen LogP contribution in [0.25, 0.3) is 0 Å². The molecule has 2 aromatic rings. The fourth-order valence-electron chi connectivity index (χ4n) is 1.72. The third-order valence-electron chi connectivity index (χ3n) is 2.77. The number of hydrogen-bond donors (Lipinski definition) is 2. The number of ether oxygens (including phenoxy) is 1. The van der Waals surface area contributed by atoms with Gasteiger partial charge in [0.2, 0.25) is 0 Å². The maximum Gasteiger partial charge on any atom is 0.192 e. The Morgan fingerprint density at radius 1 is 1.19 bits per heavy atom. The Morgan fingerprint density at radius 3 is 2.29 bits per heavy atom. The van der Waals surface area contributed by atoms with Crippen LogP contribution in [0.1, 0.15) is 17.3 Å². The SMILES string of the molecule is COc1ccc(C(=O)[C@H](C)Sc2nc(N)cc(N)n2)cc1. The number of rotatable bonds is 5. The molecule has 2 rings (SSSR count). The van der Waals surface area contributed by atoms with E-state index in [-0.39, 0.29) is 22.7 Å². The van der Waals surface area contributed by atoms with E-state index < -0.39 is 0 Å². The lowest BCUT2D eigenvalue weighted by Crippen LogP contribution is -2.14. The Balaban J connectivity index is 2.11. The van der Waals surface area contributed by atoms with Crippen LogP contribution in [0.4, 0.5) is 11.6 Å². The minimum Gasteiger partial charge on any atom is -0.497 e. The van der Waals surface area contributed by atoms with E-state index >= 15 is 0 Å². The van der Waals surface area contributed by atoms with Crippen LogP contribution in [0.3, 0.4) is 0 Å². The number of hydrogen-bond acceptors (Lipinski definition) is 7. The fourth-order valence-corrected chi connectivity index (χ4v) is 2.59. The number of benzene rings is 1. The number of carbonyl (C=O) groups is 1. The van der Waals surface area contributed by atoms with E-state index in [2.05, 4.69) is 9.97 Å². The standard InChI is InChI=1S/C14H16N4O2S/c1-8(21-14-17-11(15)7-12(16)18-14)13(19)9-3-5-10(20-2)6-4-9/h3-8H,1-2H3,(H4,15,16,17,18)/t8-/m0/s1.